The highest BCUT2D eigenvalue weighted by Gasteiger charge is 2.09. The van der Waals surface area contributed by atoms with Crippen LogP contribution in [0.25, 0.3) is 33.3 Å². The third-order valence-electron chi connectivity index (χ3n) is 4.51. The van der Waals surface area contributed by atoms with E-state index in [-0.39, 0.29) is 0 Å². The summed E-state index contributed by atoms with van der Waals surface area (Å²) in [4.78, 5) is 6.54. The zero-order valence-electron chi connectivity index (χ0n) is 14.7. The van der Waals surface area contributed by atoms with E-state index in [1.54, 1.807) is 0 Å². The molecule has 0 atom stereocenters. The predicted octanol–water partition coefficient (Wildman–Crippen LogP) is 4.98. The van der Waals surface area contributed by atoms with E-state index in [2.05, 4.69) is 20.5 Å². The van der Waals surface area contributed by atoms with E-state index in [0.717, 1.165) is 38.7 Å². The minimum atomic E-state index is 0.686. The van der Waals surface area contributed by atoms with Gasteiger partial charge in [0.25, 0.3) is 0 Å². The number of anilines is 1. The van der Waals surface area contributed by atoms with Crippen molar-refractivity contribution in [1.82, 2.24) is 4.98 Å². The molecule has 136 valence electrons. The molecule has 0 saturated heterocycles. The van der Waals surface area contributed by atoms with Gasteiger partial charge in [-0.2, -0.15) is 5.43 Å². The maximum atomic E-state index is 6.08. The number of para-hydroxylation sites is 3. The molecule has 2 heterocycles. The Balaban J connectivity index is 1.62. The molecule has 5 rings (SSSR count). The standard InChI is InChI=1S/C22H15ClN4O/c23-15-11-9-14(10-12-15)21-13-19(16-5-1-4-8-20(16)28-21)26-27-22-24-17-6-2-3-7-18(17)25-22/h1-13H,(H2,24,25,27)/p+1. The number of hydrogen-bond acceptors (Lipinski definition) is 3. The van der Waals surface area contributed by atoms with Crippen molar-refractivity contribution in [3.63, 3.8) is 0 Å². The van der Waals surface area contributed by atoms with Gasteiger partial charge in [-0.15, -0.1) is 5.10 Å². The van der Waals surface area contributed by atoms with Gasteiger partial charge in [-0.25, -0.2) is 9.97 Å². The molecule has 0 amide bonds. The topological polar surface area (TPSA) is 67.5 Å². The molecule has 0 radical (unpaired) electrons. The number of nitrogens with zero attached hydrogens (tertiary/aromatic N) is 1. The zero-order chi connectivity index (χ0) is 18.9. The fraction of sp³-hybridized carbons (Fsp3) is 0. The molecular formula is C22H16ClN4O+. The Hall–Kier alpha value is -3.57. The molecular weight excluding hydrogens is 372 g/mol. The third-order valence-corrected chi connectivity index (χ3v) is 4.77. The number of halogens is 1. The lowest BCUT2D eigenvalue weighted by Gasteiger charge is -2.04. The summed E-state index contributed by atoms with van der Waals surface area (Å²) in [5, 5.41) is 6.99. The second-order valence-electron chi connectivity index (χ2n) is 6.39. The van der Waals surface area contributed by atoms with E-state index in [0.29, 0.717) is 11.0 Å². The quantitative estimate of drug-likeness (QED) is 0.429. The van der Waals surface area contributed by atoms with Gasteiger partial charge in [0.05, 0.1) is 0 Å². The van der Waals surface area contributed by atoms with Gasteiger partial charge >= 0.3 is 5.95 Å². The molecule has 0 bridgehead atoms. The normalized spacial score (nSPS) is 12.0. The van der Waals surface area contributed by atoms with Crippen LogP contribution in [0.3, 0.4) is 0 Å². The fourth-order valence-electron chi connectivity index (χ4n) is 3.14. The van der Waals surface area contributed by atoms with Crippen LogP contribution in [-0.4, -0.2) is 4.98 Å². The molecule has 0 aliphatic carbocycles. The van der Waals surface area contributed by atoms with Crippen LogP contribution in [0.2, 0.25) is 5.02 Å². The van der Waals surface area contributed by atoms with Crippen LogP contribution in [0.1, 0.15) is 0 Å². The lowest BCUT2D eigenvalue weighted by Crippen LogP contribution is -2.12. The van der Waals surface area contributed by atoms with Crippen molar-refractivity contribution >= 4 is 39.6 Å². The number of imidazole rings is 1. The third kappa shape index (κ3) is 3.12. The Morgan fingerprint density at radius 3 is 2.57 bits per heavy atom. The summed E-state index contributed by atoms with van der Waals surface area (Å²) in [7, 11) is 0. The van der Waals surface area contributed by atoms with Gasteiger partial charge in [0.15, 0.2) is 0 Å². The van der Waals surface area contributed by atoms with Gasteiger partial charge in [0.2, 0.25) is 0 Å². The number of aromatic amines is 2. The number of benzene rings is 3. The summed E-state index contributed by atoms with van der Waals surface area (Å²) in [5.74, 6) is 1.43. The molecule has 5 nitrogen and oxygen atoms in total. The first-order valence-corrected chi connectivity index (χ1v) is 9.23. The molecule has 2 aromatic heterocycles. The number of H-pyrrole nitrogens is 2. The van der Waals surface area contributed by atoms with Gasteiger partial charge in [-0.05, 0) is 48.5 Å². The number of hydrogen-bond donors (Lipinski definition) is 2. The minimum absolute atomic E-state index is 0.686. The first kappa shape index (κ1) is 16.6. The second kappa shape index (κ2) is 6.87. The lowest BCUT2D eigenvalue weighted by atomic mass is 10.1. The zero-order valence-corrected chi connectivity index (χ0v) is 15.5. The smallest absolute Gasteiger partial charge is 0.377 e. The Morgan fingerprint density at radius 1 is 0.929 bits per heavy atom. The molecule has 0 spiro atoms. The van der Waals surface area contributed by atoms with E-state index >= 15 is 0 Å². The summed E-state index contributed by atoms with van der Waals surface area (Å²) in [6.45, 7) is 0. The molecule has 5 aromatic rings. The molecule has 0 aliphatic heterocycles. The largest absolute Gasteiger partial charge is 0.456 e. The first-order chi connectivity index (χ1) is 13.8. The van der Waals surface area contributed by atoms with Crippen molar-refractivity contribution in [2.75, 3.05) is 5.43 Å². The van der Waals surface area contributed by atoms with Crippen LogP contribution in [-0.2, 0) is 0 Å². The molecule has 3 N–H and O–H groups in total. The highest BCUT2D eigenvalue weighted by Crippen LogP contribution is 2.23. The van der Waals surface area contributed by atoms with Gasteiger partial charge < -0.3 is 4.42 Å². The maximum Gasteiger partial charge on any atom is 0.377 e. The van der Waals surface area contributed by atoms with Gasteiger partial charge in [0.1, 0.15) is 27.7 Å². The highest BCUT2D eigenvalue weighted by atomic mass is 35.5. The molecule has 6 heteroatoms. The first-order valence-electron chi connectivity index (χ1n) is 8.85. The van der Waals surface area contributed by atoms with Gasteiger partial charge in [-0.1, -0.05) is 35.9 Å². The average molecular weight is 388 g/mol. The van der Waals surface area contributed by atoms with Crippen molar-refractivity contribution in [2.45, 2.75) is 0 Å². The summed E-state index contributed by atoms with van der Waals surface area (Å²) in [5.41, 5.74) is 6.79. The van der Waals surface area contributed by atoms with Gasteiger partial charge in [-0.3, -0.25) is 0 Å². The summed E-state index contributed by atoms with van der Waals surface area (Å²) in [6, 6.07) is 25.3. The minimum Gasteiger partial charge on any atom is -0.456 e. The van der Waals surface area contributed by atoms with Crippen LogP contribution in [0.15, 0.2) is 88.4 Å². The van der Waals surface area contributed by atoms with Crippen molar-refractivity contribution in [3.8, 4) is 11.3 Å². The molecule has 0 saturated carbocycles. The Kier molecular flexibility index (Phi) is 4.07. The van der Waals surface area contributed by atoms with Crippen LogP contribution in [0.5, 0.6) is 0 Å². The lowest BCUT2D eigenvalue weighted by molar-refractivity contribution is -0.326. The summed E-state index contributed by atoms with van der Waals surface area (Å²) >= 11 is 6.01. The van der Waals surface area contributed by atoms with Gasteiger partial charge in [0, 0.05) is 22.0 Å². The second-order valence-corrected chi connectivity index (χ2v) is 6.83. The van der Waals surface area contributed by atoms with Crippen LogP contribution in [0.4, 0.5) is 5.95 Å². The van der Waals surface area contributed by atoms with E-state index in [1.165, 1.54) is 0 Å². The number of rotatable bonds is 3. The highest BCUT2D eigenvalue weighted by molar-refractivity contribution is 6.30. The fourth-order valence-corrected chi connectivity index (χ4v) is 3.27. The Morgan fingerprint density at radius 2 is 1.71 bits per heavy atom. The van der Waals surface area contributed by atoms with E-state index in [9.17, 15) is 0 Å². The number of fused-ring (bicyclic) bond motifs is 2. The van der Waals surface area contributed by atoms with Crippen molar-refractivity contribution in [2.24, 2.45) is 5.10 Å². The van der Waals surface area contributed by atoms with E-state index in [4.69, 9.17) is 16.0 Å². The van der Waals surface area contributed by atoms with Crippen molar-refractivity contribution in [3.05, 3.63) is 89.2 Å². The van der Waals surface area contributed by atoms with E-state index < -0.39 is 0 Å². The molecule has 0 fully saturated rings. The number of aromatic nitrogens is 2. The van der Waals surface area contributed by atoms with Crippen LogP contribution >= 0.6 is 11.6 Å². The monoisotopic (exact) mass is 387 g/mol. The SMILES string of the molecule is Clc1ccc(-c2cc(=NNc3[nH]c4ccccc4[nH+]3)c3ccccc3o2)cc1. The van der Waals surface area contributed by atoms with Crippen molar-refractivity contribution in [1.29, 1.82) is 0 Å². The Labute approximate surface area is 165 Å². The van der Waals surface area contributed by atoms with Crippen LogP contribution in [0, 0.1) is 0 Å². The summed E-state index contributed by atoms with van der Waals surface area (Å²) in [6.07, 6.45) is 0. The summed E-state index contributed by atoms with van der Waals surface area (Å²) < 4.78 is 6.08. The molecule has 0 aliphatic rings. The Bertz CT molecular complexity index is 1320. The van der Waals surface area contributed by atoms with E-state index in [1.807, 2.05) is 78.9 Å². The predicted molar refractivity (Wildman–Crippen MR) is 111 cm³/mol. The molecule has 28 heavy (non-hydrogen) atoms. The molecule has 3 aromatic carbocycles. The maximum absolute atomic E-state index is 6.08. The van der Waals surface area contributed by atoms with Crippen molar-refractivity contribution < 1.29 is 9.40 Å². The molecule has 0 unspecified atom stereocenters. The average Bonchev–Trinajstić information content (AvgIpc) is 3.15. The number of nitrogens with one attached hydrogen (secondary N) is 3. The van der Waals surface area contributed by atoms with Crippen LogP contribution < -0.4 is 15.8 Å².